The van der Waals surface area contributed by atoms with Crippen molar-refractivity contribution in [2.75, 3.05) is 13.7 Å². The number of furan rings is 1. The normalized spacial score (nSPS) is 21.9. The molecule has 0 bridgehead atoms. The van der Waals surface area contributed by atoms with Gasteiger partial charge in [0, 0.05) is 0 Å². The van der Waals surface area contributed by atoms with Crippen molar-refractivity contribution in [1.29, 1.82) is 0 Å². The van der Waals surface area contributed by atoms with Crippen molar-refractivity contribution < 1.29 is 33.3 Å². The molecule has 7 nitrogen and oxygen atoms in total. The second kappa shape index (κ2) is 8.37. The van der Waals surface area contributed by atoms with Crippen LogP contribution in [-0.4, -0.2) is 36.9 Å². The lowest BCUT2D eigenvalue weighted by molar-refractivity contribution is -0.0306. The van der Waals surface area contributed by atoms with Gasteiger partial charge in [0.1, 0.15) is 29.3 Å². The standard InChI is InChI=1S/C20H22O7/c1-12-8-14(10-25-9-13-6-4-3-5-7-13)27-17(12)18-16(19(21)22)15(11-26-18)20(23)24-2/h3-7,11-12,14,17H,8-10H2,1-2H3,(H,21,22). The van der Waals surface area contributed by atoms with E-state index < -0.39 is 18.0 Å². The van der Waals surface area contributed by atoms with Crippen LogP contribution in [0.4, 0.5) is 0 Å². The number of rotatable bonds is 7. The Hall–Kier alpha value is -2.64. The molecule has 27 heavy (non-hydrogen) atoms. The van der Waals surface area contributed by atoms with Crippen LogP contribution < -0.4 is 0 Å². The Labute approximate surface area is 156 Å². The van der Waals surface area contributed by atoms with Gasteiger partial charge in [0.2, 0.25) is 0 Å². The van der Waals surface area contributed by atoms with Gasteiger partial charge >= 0.3 is 11.9 Å². The number of carboxylic acids is 1. The molecule has 0 amide bonds. The molecule has 1 aliphatic rings. The van der Waals surface area contributed by atoms with Crippen LogP contribution in [0.2, 0.25) is 0 Å². The van der Waals surface area contributed by atoms with Gasteiger partial charge in [-0.2, -0.15) is 0 Å². The molecular weight excluding hydrogens is 352 g/mol. The van der Waals surface area contributed by atoms with Crippen LogP contribution in [-0.2, 0) is 20.8 Å². The Kier molecular flexibility index (Phi) is 5.93. The highest BCUT2D eigenvalue weighted by Gasteiger charge is 2.39. The molecule has 0 saturated carbocycles. The van der Waals surface area contributed by atoms with Gasteiger partial charge in [-0.1, -0.05) is 37.3 Å². The first kappa shape index (κ1) is 19.1. The van der Waals surface area contributed by atoms with Crippen molar-refractivity contribution in [3.05, 3.63) is 59.0 Å². The Morgan fingerprint density at radius 1 is 1.26 bits per heavy atom. The number of benzene rings is 1. The van der Waals surface area contributed by atoms with E-state index in [1.165, 1.54) is 7.11 Å². The van der Waals surface area contributed by atoms with Crippen molar-refractivity contribution >= 4 is 11.9 Å². The number of carbonyl (C=O) groups excluding carboxylic acids is 1. The van der Waals surface area contributed by atoms with Gasteiger partial charge in [-0.3, -0.25) is 0 Å². The van der Waals surface area contributed by atoms with Crippen LogP contribution in [0.3, 0.4) is 0 Å². The molecule has 3 rings (SSSR count). The van der Waals surface area contributed by atoms with E-state index in [0.29, 0.717) is 19.6 Å². The number of aromatic carboxylic acids is 1. The van der Waals surface area contributed by atoms with Gasteiger partial charge in [0.05, 0.1) is 26.4 Å². The summed E-state index contributed by atoms with van der Waals surface area (Å²) in [6.45, 7) is 2.82. The number of ether oxygens (including phenoxy) is 3. The summed E-state index contributed by atoms with van der Waals surface area (Å²) >= 11 is 0. The minimum atomic E-state index is -1.25. The molecule has 0 radical (unpaired) electrons. The summed E-state index contributed by atoms with van der Waals surface area (Å²) in [4.78, 5) is 23.4. The lowest BCUT2D eigenvalue weighted by Crippen LogP contribution is -2.16. The van der Waals surface area contributed by atoms with Crippen molar-refractivity contribution in [1.82, 2.24) is 0 Å². The van der Waals surface area contributed by atoms with Crippen LogP contribution in [0.1, 0.15) is 51.5 Å². The lowest BCUT2D eigenvalue weighted by atomic mass is 9.97. The number of carbonyl (C=O) groups is 2. The molecule has 1 aliphatic heterocycles. The van der Waals surface area contributed by atoms with Gasteiger partial charge in [-0.05, 0) is 17.9 Å². The molecule has 0 spiro atoms. The lowest BCUT2D eigenvalue weighted by Gasteiger charge is -2.14. The number of hydrogen-bond acceptors (Lipinski definition) is 6. The number of methoxy groups -OCH3 is 1. The number of carboxylic acid groups (broad SMARTS) is 1. The highest BCUT2D eigenvalue weighted by Crippen LogP contribution is 2.40. The van der Waals surface area contributed by atoms with E-state index >= 15 is 0 Å². The van der Waals surface area contributed by atoms with Gasteiger partial charge in [-0.15, -0.1) is 0 Å². The maximum atomic E-state index is 11.8. The summed E-state index contributed by atoms with van der Waals surface area (Å²) in [6.07, 6.45) is 1.08. The largest absolute Gasteiger partial charge is 0.478 e. The maximum absolute atomic E-state index is 11.8. The first-order valence-corrected chi connectivity index (χ1v) is 8.71. The first-order valence-electron chi connectivity index (χ1n) is 8.71. The van der Waals surface area contributed by atoms with Gasteiger partial charge in [0.15, 0.2) is 0 Å². The van der Waals surface area contributed by atoms with Crippen LogP contribution in [0.25, 0.3) is 0 Å². The van der Waals surface area contributed by atoms with Gasteiger partial charge < -0.3 is 23.7 Å². The summed E-state index contributed by atoms with van der Waals surface area (Å²) in [7, 11) is 1.19. The highest BCUT2D eigenvalue weighted by molar-refractivity contribution is 6.03. The summed E-state index contributed by atoms with van der Waals surface area (Å²) in [6, 6.07) is 9.81. The molecule has 0 aliphatic carbocycles. The molecule has 1 saturated heterocycles. The topological polar surface area (TPSA) is 95.2 Å². The van der Waals surface area contributed by atoms with Crippen molar-refractivity contribution in [2.45, 2.75) is 32.2 Å². The van der Waals surface area contributed by atoms with Crippen molar-refractivity contribution in [3.63, 3.8) is 0 Å². The smallest absolute Gasteiger partial charge is 0.342 e. The monoisotopic (exact) mass is 374 g/mol. The minimum absolute atomic E-state index is 0.0186. The molecule has 1 aromatic carbocycles. The Morgan fingerprint density at radius 2 is 2.00 bits per heavy atom. The van der Waals surface area contributed by atoms with Gasteiger partial charge in [0.25, 0.3) is 0 Å². The van der Waals surface area contributed by atoms with Crippen molar-refractivity contribution in [2.24, 2.45) is 5.92 Å². The molecule has 3 unspecified atom stereocenters. The molecule has 7 heteroatoms. The highest BCUT2D eigenvalue weighted by atomic mass is 16.6. The average Bonchev–Trinajstić information content (AvgIpc) is 3.25. The SMILES string of the molecule is COC(=O)c1coc(C2OC(COCc3ccccc3)CC2C)c1C(=O)O. The van der Waals surface area contributed by atoms with Crippen LogP contribution in [0, 0.1) is 5.92 Å². The van der Waals surface area contributed by atoms with Crippen LogP contribution in [0.15, 0.2) is 41.0 Å². The molecular formula is C20H22O7. The second-order valence-electron chi connectivity index (χ2n) is 6.58. The fourth-order valence-corrected chi connectivity index (χ4v) is 3.31. The predicted molar refractivity (Wildman–Crippen MR) is 94.5 cm³/mol. The molecule has 2 aromatic rings. The van der Waals surface area contributed by atoms with E-state index in [1.807, 2.05) is 37.3 Å². The molecule has 1 fully saturated rings. The quantitative estimate of drug-likeness (QED) is 0.742. The second-order valence-corrected chi connectivity index (χ2v) is 6.58. The van der Waals surface area contributed by atoms with Crippen LogP contribution in [0.5, 0.6) is 0 Å². The molecule has 3 atom stereocenters. The summed E-state index contributed by atoms with van der Waals surface area (Å²) in [5.74, 6) is -1.85. The van der Waals surface area contributed by atoms with E-state index in [-0.39, 0.29) is 28.9 Å². The third kappa shape index (κ3) is 4.20. The number of esters is 1. The Bertz CT molecular complexity index is 796. The van der Waals surface area contributed by atoms with Crippen molar-refractivity contribution in [3.8, 4) is 0 Å². The molecule has 2 heterocycles. The van der Waals surface area contributed by atoms with E-state index in [0.717, 1.165) is 11.8 Å². The van der Waals surface area contributed by atoms with E-state index in [2.05, 4.69) is 4.74 Å². The zero-order valence-electron chi connectivity index (χ0n) is 15.2. The zero-order chi connectivity index (χ0) is 19.4. The van der Waals surface area contributed by atoms with Crippen LogP contribution >= 0.6 is 0 Å². The molecule has 1 N–H and O–H groups in total. The Morgan fingerprint density at radius 3 is 2.67 bits per heavy atom. The zero-order valence-corrected chi connectivity index (χ0v) is 15.2. The first-order chi connectivity index (χ1) is 13.0. The van der Waals surface area contributed by atoms with E-state index in [1.54, 1.807) is 0 Å². The van der Waals surface area contributed by atoms with E-state index in [4.69, 9.17) is 13.9 Å². The van der Waals surface area contributed by atoms with E-state index in [9.17, 15) is 14.7 Å². The third-order valence-corrected chi connectivity index (χ3v) is 4.60. The Balaban J connectivity index is 1.67. The summed E-state index contributed by atoms with van der Waals surface area (Å²) in [5.41, 5.74) is 0.756. The molecule has 144 valence electrons. The maximum Gasteiger partial charge on any atom is 0.342 e. The summed E-state index contributed by atoms with van der Waals surface area (Å²) < 4.78 is 21.7. The third-order valence-electron chi connectivity index (χ3n) is 4.60. The average molecular weight is 374 g/mol. The molecule has 1 aromatic heterocycles. The van der Waals surface area contributed by atoms with Gasteiger partial charge in [-0.25, -0.2) is 9.59 Å². The fraction of sp³-hybridized carbons (Fsp3) is 0.400. The minimum Gasteiger partial charge on any atom is -0.478 e. The summed E-state index contributed by atoms with van der Waals surface area (Å²) in [5, 5.41) is 9.51. The fourth-order valence-electron chi connectivity index (χ4n) is 3.31. The number of hydrogen-bond donors (Lipinski definition) is 1. The predicted octanol–water partition coefficient (Wildman–Crippen LogP) is 3.45.